The van der Waals surface area contributed by atoms with Gasteiger partial charge in [-0.2, -0.15) is 0 Å². The van der Waals surface area contributed by atoms with Crippen molar-refractivity contribution >= 4 is 23.1 Å². The lowest BCUT2D eigenvalue weighted by Gasteiger charge is -2.07. The largest absolute Gasteiger partial charge is 0.387 e. The average molecular weight is 268 g/mol. The van der Waals surface area contributed by atoms with Gasteiger partial charge in [0.05, 0.1) is 6.10 Å². The Morgan fingerprint density at radius 3 is 2.82 bits per heavy atom. The van der Waals surface area contributed by atoms with E-state index in [1.807, 2.05) is 25.1 Å². The van der Waals surface area contributed by atoms with Gasteiger partial charge < -0.3 is 5.11 Å². The van der Waals surface area contributed by atoms with E-state index in [1.54, 1.807) is 17.4 Å². The quantitative estimate of drug-likeness (QED) is 0.845. The first-order valence-corrected chi connectivity index (χ1v) is 7.08. The van der Waals surface area contributed by atoms with Crippen molar-refractivity contribution in [1.29, 1.82) is 0 Å². The molecule has 0 bridgehead atoms. The number of halogens is 1. The van der Waals surface area contributed by atoms with Crippen LogP contribution in [0.15, 0.2) is 41.3 Å². The fourth-order valence-electron chi connectivity index (χ4n) is 1.45. The van der Waals surface area contributed by atoms with Gasteiger partial charge in [-0.05, 0) is 37.3 Å². The molecule has 0 aliphatic rings. The molecule has 1 atom stereocenters. The number of rotatable bonds is 4. The summed E-state index contributed by atoms with van der Waals surface area (Å²) in [6, 6.07) is 10.4. The third-order valence-electron chi connectivity index (χ3n) is 2.29. The Hall–Kier alpha value is -0.840. The maximum Gasteiger partial charge on any atom is 0.124 e. The highest BCUT2D eigenvalue weighted by Gasteiger charge is 2.10. The highest BCUT2D eigenvalue weighted by atomic mass is 32.2. The Bertz CT molecular complexity index is 496. The van der Waals surface area contributed by atoms with E-state index in [4.69, 9.17) is 0 Å². The molecule has 1 aromatic heterocycles. The van der Waals surface area contributed by atoms with Crippen molar-refractivity contribution in [2.24, 2.45) is 0 Å². The van der Waals surface area contributed by atoms with Crippen molar-refractivity contribution in [1.82, 2.24) is 0 Å². The molecular formula is C13H13FOS2. The third-order valence-corrected chi connectivity index (χ3v) is 4.47. The summed E-state index contributed by atoms with van der Waals surface area (Å²) in [5.41, 5.74) is 0. The summed E-state index contributed by atoms with van der Waals surface area (Å²) in [5, 5.41) is 9.96. The Balaban J connectivity index is 1.94. The highest BCUT2D eigenvalue weighted by molar-refractivity contribution is 7.99. The van der Waals surface area contributed by atoms with Crippen LogP contribution in [0.4, 0.5) is 4.39 Å². The molecule has 0 amide bonds. The molecule has 90 valence electrons. The van der Waals surface area contributed by atoms with Gasteiger partial charge in [0.15, 0.2) is 0 Å². The number of benzene rings is 1. The van der Waals surface area contributed by atoms with E-state index in [2.05, 4.69) is 0 Å². The van der Waals surface area contributed by atoms with E-state index >= 15 is 0 Å². The zero-order chi connectivity index (χ0) is 12.3. The predicted octanol–water partition coefficient (Wildman–Crippen LogP) is 4.02. The molecule has 1 nitrogen and oxygen atoms in total. The molecule has 17 heavy (non-hydrogen) atoms. The Labute approximate surface area is 108 Å². The van der Waals surface area contributed by atoms with Gasteiger partial charge >= 0.3 is 0 Å². The molecule has 4 heteroatoms. The van der Waals surface area contributed by atoms with Gasteiger partial charge in [0, 0.05) is 20.4 Å². The van der Waals surface area contributed by atoms with E-state index in [-0.39, 0.29) is 5.82 Å². The summed E-state index contributed by atoms with van der Waals surface area (Å²) in [4.78, 5) is 3.00. The van der Waals surface area contributed by atoms with Crippen molar-refractivity contribution in [3.05, 3.63) is 52.0 Å². The molecule has 0 aliphatic carbocycles. The van der Waals surface area contributed by atoms with Crippen LogP contribution in [0.25, 0.3) is 0 Å². The second kappa shape index (κ2) is 5.67. The summed E-state index contributed by atoms with van der Waals surface area (Å²) in [5.74, 6) is 0.306. The lowest BCUT2D eigenvalue weighted by Crippen LogP contribution is -1.97. The van der Waals surface area contributed by atoms with E-state index in [0.29, 0.717) is 5.75 Å². The minimum absolute atomic E-state index is 0.239. The van der Waals surface area contributed by atoms with Gasteiger partial charge in [-0.15, -0.1) is 23.1 Å². The molecule has 1 unspecified atom stereocenters. The van der Waals surface area contributed by atoms with Crippen LogP contribution in [0, 0.1) is 12.7 Å². The number of thiophene rings is 1. The Morgan fingerprint density at radius 2 is 2.18 bits per heavy atom. The standard InChI is InChI=1S/C13H13FOS2/c1-9-5-6-13(17-9)12(15)8-16-11-4-2-3-10(14)7-11/h2-7,12,15H,8H2,1H3. The molecule has 1 N–H and O–H groups in total. The summed E-state index contributed by atoms with van der Waals surface area (Å²) in [6.45, 7) is 2.01. The van der Waals surface area contributed by atoms with Crippen molar-refractivity contribution in [3.63, 3.8) is 0 Å². The highest BCUT2D eigenvalue weighted by Crippen LogP contribution is 2.28. The van der Waals surface area contributed by atoms with Gasteiger partial charge in [0.25, 0.3) is 0 Å². The first-order valence-electron chi connectivity index (χ1n) is 5.28. The van der Waals surface area contributed by atoms with Crippen molar-refractivity contribution in [2.45, 2.75) is 17.9 Å². The smallest absolute Gasteiger partial charge is 0.124 e. The number of hydrogen-bond acceptors (Lipinski definition) is 3. The first kappa shape index (κ1) is 12.6. The number of aliphatic hydroxyl groups is 1. The molecule has 0 saturated heterocycles. The molecule has 1 heterocycles. The maximum absolute atomic E-state index is 12.9. The van der Waals surface area contributed by atoms with E-state index in [9.17, 15) is 9.50 Å². The topological polar surface area (TPSA) is 20.2 Å². The lowest BCUT2D eigenvalue weighted by atomic mass is 10.3. The van der Waals surface area contributed by atoms with Crippen LogP contribution in [0.3, 0.4) is 0 Å². The molecule has 0 saturated carbocycles. The van der Waals surface area contributed by atoms with Crippen LogP contribution in [-0.4, -0.2) is 10.9 Å². The molecular weight excluding hydrogens is 255 g/mol. The Kier molecular flexibility index (Phi) is 4.20. The molecule has 0 radical (unpaired) electrons. The monoisotopic (exact) mass is 268 g/mol. The summed E-state index contributed by atoms with van der Waals surface area (Å²) < 4.78 is 12.9. The van der Waals surface area contributed by atoms with Crippen molar-refractivity contribution in [2.75, 3.05) is 5.75 Å². The van der Waals surface area contributed by atoms with Gasteiger partial charge in [-0.3, -0.25) is 0 Å². The minimum atomic E-state index is -0.484. The van der Waals surface area contributed by atoms with Crippen molar-refractivity contribution < 1.29 is 9.50 Å². The van der Waals surface area contributed by atoms with Crippen LogP contribution in [0.2, 0.25) is 0 Å². The fourth-order valence-corrected chi connectivity index (χ4v) is 3.32. The van der Waals surface area contributed by atoms with E-state index in [0.717, 1.165) is 9.77 Å². The molecule has 2 rings (SSSR count). The fraction of sp³-hybridized carbons (Fsp3) is 0.231. The summed E-state index contributed by atoms with van der Waals surface area (Å²) in [7, 11) is 0. The van der Waals surface area contributed by atoms with E-state index < -0.39 is 6.10 Å². The predicted molar refractivity (Wildman–Crippen MR) is 71.1 cm³/mol. The van der Waals surface area contributed by atoms with Crippen LogP contribution in [0.1, 0.15) is 15.9 Å². The van der Waals surface area contributed by atoms with Crippen LogP contribution >= 0.6 is 23.1 Å². The second-order valence-corrected chi connectivity index (χ2v) is 6.15. The molecule has 0 aliphatic heterocycles. The SMILES string of the molecule is Cc1ccc(C(O)CSc2cccc(F)c2)s1. The summed E-state index contributed by atoms with van der Waals surface area (Å²) >= 11 is 3.06. The van der Waals surface area contributed by atoms with Gasteiger partial charge in [0.1, 0.15) is 5.82 Å². The minimum Gasteiger partial charge on any atom is -0.387 e. The molecule has 0 fully saturated rings. The first-order chi connectivity index (χ1) is 8.15. The van der Waals surface area contributed by atoms with Crippen LogP contribution < -0.4 is 0 Å². The van der Waals surface area contributed by atoms with Gasteiger partial charge in [-0.25, -0.2) is 4.39 Å². The number of aryl methyl sites for hydroxylation is 1. The number of aliphatic hydroxyl groups excluding tert-OH is 1. The van der Waals surface area contributed by atoms with Gasteiger partial charge in [0.2, 0.25) is 0 Å². The average Bonchev–Trinajstić information content (AvgIpc) is 2.73. The van der Waals surface area contributed by atoms with Crippen molar-refractivity contribution in [3.8, 4) is 0 Å². The normalized spacial score (nSPS) is 12.6. The number of thioether (sulfide) groups is 1. The summed E-state index contributed by atoms with van der Waals surface area (Å²) in [6.07, 6.45) is -0.484. The molecule has 0 spiro atoms. The maximum atomic E-state index is 12.9. The molecule has 2 aromatic rings. The Morgan fingerprint density at radius 1 is 1.35 bits per heavy atom. The zero-order valence-corrected chi connectivity index (χ0v) is 11.0. The number of hydrogen-bond donors (Lipinski definition) is 1. The van der Waals surface area contributed by atoms with Crippen LogP contribution in [-0.2, 0) is 0 Å². The second-order valence-electron chi connectivity index (χ2n) is 3.73. The lowest BCUT2D eigenvalue weighted by molar-refractivity contribution is 0.208. The third kappa shape index (κ3) is 3.56. The molecule has 1 aromatic carbocycles. The van der Waals surface area contributed by atoms with Crippen LogP contribution in [0.5, 0.6) is 0 Å². The van der Waals surface area contributed by atoms with E-state index in [1.165, 1.54) is 28.8 Å². The zero-order valence-electron chi connectivity index (χ0n) is 9.39. The van der Waals surface area contributed by atoms with Gasteiger partial charge in [-0.1, -0.05) is 6.07 Å².